The highest BCUT2D eigenvalue weighted by molar-refractivity contribution is 6.21. The molecule has 1 unspecified atom stereocenters. The summed E-state index contributed by atoms with van der Waals surface area (Å²) in [7, 11) is 3.34. The largest absolute Gasteiger partial charge is 0.358 e. The van der Waals surface area contributed by atoms with Crippen LogP contribution in [0.3, 0.4) is 0 Å². The first-order valence-corrected chi connectivity index (χ1v) is 4.81. The van der Waals surface area contributed by atoms with Crippen molar-refractivity contribution in [2.45, 2.75) is 6.23 Å². The van der Waals surface area contributed by atoms with Crippen molar-refractivity contribution in [1.29, 1.82) is 0 Å². The lowest BCUT2D eigenvalue weighted by molar-refractivity contribution is -0.129. The van der Waals surface area contributed by atoms with Crippen molar-refractivity contribution in [3.05, 3.63) is 42.0 Å². The highest BCUT2D eigenvalue weighted by Crippen LogP contribution is 2.25. The van der Waals surface area contributed by atoms with E-state index in [4.69, 9.17) is 4.74 Å². The van der Waals surface area contributed by atoms with Gasteiger partial charge in [-0.15, -0.1) is 0 Å². The van der Waals surface area contributed by atoms with Gasteiger partial charge in [-0.05, 0) is 11.6 Å². The van der Waals surface area contributed by atoms with E-state index < -0.39 is 0 Å². The number of methoxy groups -OCH3 is 1. The molecule has 1 aliphatic heterocycles. The van der Waals surface area contributed by atoms with Crippen LogP contribution in [0.1, 0.15) is 5.56 Å². The van der Waals surface area contributed by atoms with Gasteiger partial charge in [-0.1, -0.05) is 30.3 Å². The van der Waals surface area contributed by atoms with Crippen molar-refractivity contribution in [3.63, 3.8) is 0 Å². The molecule has 78 valence electrons. The maximum absolute atomic E-state index is 11.9. The third-order valence-corrected chi connectivity index (χ3v) is 2.57. The number of benzene rings is 1. The van der Waals surface area contributed by atoms with Gasteiger partial charge in [0.15, 0.2) is 6.23 Å². The van der Waals surface area contributed by atoms with Crippen LogP contribution in [-0.4, -0.2) is 31.2 Å². The van der Waals surface area contributed by atoms with Crippen molar-refractivity contribution in [2.24, 2.45) is 0 Å². The summed E-state index contributed by atoms with van der Waals surface area (Å²) >= 11 is 0. The Labute approximate surface area is 89.0 Å². The number of nitrogens with zero attached hydrogens (tertiary/aromatic N) is 1. The molecule has 1 aromatic carbocycles. The Balaban J connectivity index is 2.35. The van der Waals surface area contributed by atoms with Crippen LogP contribution in [-0.2, 0) is 9.53 Å². The average molecular weight is 203 g/mol. The molecule has 0 radical (unpaired) electrons. The number of hydrogen-bond donors (Lipinski definition) is 0. The van der Waals surface area contributed by atoms with Crippen LogP contribution in [0.4, 0.5) is 0 Å². The molecule has 2 rings (SSSR count). The molecule has 0 aliphatic carbocycles. The summed E-state index contributed by atoms with van der Waals surface area (Å²) in [6.45, 7) is 0. The second-order valence-corrected chi connectivity index (χ2v) is 3.49. The molecule has 0 saturated carbocycles. The molecular weight excluding hydrogens is 190 g/mol. The molecule has 0 fully saturated rings. The Morgan fingerprint density at radius 1 is 1.27 bits per heavy atom. The SMILES string of the molecule is COC1C=C(c2ccccc2)C(=O)N1C. The topological polar surface area (TPSA) is 29.5 Å². The summed E-state index contributed by atoms with van der Waals surface area (Å²) in [5.74, 6) is 0.00745. The average Bonchev–Trinajstić information content (AvgIpc) is 2.57. The number of carbonyl (C=O) groups excluding carboxylic acids is 1. The predicted molar refractivity (Wildman–Crippen MR) is 58.0 cm³/mol. The van der Waals surface area contributed by atoms with Crippen molar-refractivity contribution in [3.8, 4) is 0 Å². The molecule has 1 atom stereocenters. The van der Waals surface area contributed by atoms with Gasteiger partial charge in [0.25, 0.3) is 5.91 Å². The maximum Gasteiger partial charge on any atom is 0.256 e. The normalized spacial score (nSPS) is 20.7. The molecule has 0 aromatic heterocycles. The summed E-state index contributed by atoms with van der Waals surface area (Å²) in [5, 5.41) is 0. The summed E-state index contributed by atoms with van der Waals surface area (Å²) in [4.78, 5) is 13.4. The Morgan fingerprint density at radius 2 is 1.93 bits per heavy atom. The molecule has 3 heteroatoms. The smallest absolute Gasteiger partial charge is 0.256 e. The van der Waals surface area contributed by atoms with E-state index in [-0.39, 0.29) is 12.1 Å². The number of likely N-dealkylation sites (N-methyl/N-ethyl adjacent to an activating group) is 1. The zero-order valence-corrected chi connectivity index (χ0v) is 8.81. The first-order chi connectivity index (χ1) is 7.24. The molecule has 15 heavy (non-hydrogen) atoms. The lowest BCUT2D eigenvalue weighted by atomic mass is 10.1. The van der Waals surface area contributed by atoms with Crippen LogP contribution < -0.4 is 0 Å². The Morgan fingerprint density at radius 3 is 2.47 bits per heavy atom. The number of ether oxygens (including phenoxy) is 1. The third-order valence-electron chi connectivity index (χ3n) is 2.57. The van der Waals surface area contributed by atoms with Crippen LogP contribution in [0, 0.1) is 0 Å². The predicted octanol–water partition coefficient (Wildman–Crippen LogP) is 1.51. The van der Waals surface area contributed by atoms with E-state index in [1.54, 1.807) is 19.1 Å². The molecule has 0 N–H and O–H groups in total. The van der Waals surface area contributed by atoms with E-state index in [9.17, 15) is 4.79 Å². The van der Waals surface area contributed by atoms with Crippen LogP contribution in [0.25, 0.3) is 5.57 Å². The monoisotopic (exact) mass is 203 g/mol. The fourth-order valence-corrected chi connectivity index (χ4v) is 1.69. The standard InChI is InChI=1S/C12H13NO2/c1-13-11(15-2)8-10(12(13)14)9-6-4-3-5-7-9/h3-8,11H,1-2H3. The molecule has 0 spiro atoms. The lowest BCUT2D eigenvalue weighted by Gasteiger charge is -2.17. The van der Waals surface area contributed by atoms with Crippen molar-refractivity contribution in [1.82, 2.24) is 4.90 Å². The Kier molecular flexibility index (Phi) is 2.56. The van der Waals surface area contributed by atoms with E-state index in [1.807, 2.05) is 36.4 Å². The summed E-state index contributed by atoms with van der Waals surface area (Å²) in [6.07, 6.45) is 1.60. The summed E-state index contributed by atoms with van der Waals surface area (Å²) in [5.41, 5.74) is 1.65. The van der Waals surface area contributed by atoms with E-state index in [0.29, 0.717) is 5.57 Å². The van der Waals surface area contributed by atoms with Crippen LogP contribution in [0.15, 0.2) is 36.4 Å². The number of carbonyl (C=O) groups is 1. The van der Waals surface area contributed by atoms with E-state index >= 15 is 0 Å². The first-order valence-electron chi connectivity index (χ1n) is 4.81. The van der Waals surface area contributed by atoms with Crippen LogP contribution in [0.2, 0.25) is 0 Å². The van der Waals surface area contributed by atoms with E-state index in [1.165, 1.54) is 0 Å². The molecule has 1 aliphatic rings. The van der Waals surface area contributed by atoms with Gasteiger partial charge in [0.05, 0.1) is 0 Å². The minimum atomic E-state index is -0.243. The third kappa shape index (κ3) is 1.66. The molecule has 0 saturated heterocycles. The zero-order valence-electron chi connectivity index (χ0n) is 8.81. The van der Waals surface area contributed by atoms with Crippen molar-refractivity contribution >= 4 is 11.5 Å². The van der Waals surface area contributed by atoms with Crippen molar-refractivity contribution < 1.29 is 9.53 Å². The molecule has 1 aromatic rings. The minimum absolute atomic E-state index is 0.00745. The summed E-state index contributed by atoms with van der Waals surface area (Å²) < 4.78 is 5.17. The van der Waals surface area contributed by atoms with Gasteiger partial charge in [0.1, 0.15) is 0 Å². The van der Waals surface area contributed by atoms with Gasteiger partial charge in [0, 0.05) is 19.7 Å². The van der Waals surface area contributed by atoms with Crippen LogP contribution in [0.5, 0.6) is 0 Å². The zero-order chi connectivity index (χ0) is 10.8. The number of rotatable bonds is 2. The van der Waals surface area contributed by atoms with Crippen LogP contribution >= 0.6 is 0 Å². The van der Waals surface area contributed by atoms with Gasteiger partial charge in [-0.3, -0.25) is 4.79 Å². The Bertz CT molecular complexity index is 397. The minimum Gasteiger partial charge on any atom is -0.358 e. The molecule has 1 amide bonds. The fraction of sp³-hybridized carbons (Fsp3) is 0.250. The molecule has 0 bridgehead atoms. The van der Waals surface area contributed by atoms with Crippen molar-refractivity contribution in [2.75, 3.05) is 14.2 Å². The highest BCUT2D eigenvalue weighted by Gasteiger charge is 2.29. The molecule has 3 nitrogen and oxygen atoms in total. The number of amides is 1. The fourth-order valence-electron chi connectivity index (χ4n) is 1.69. The van der Waals surface area contributed by atoms with Gasteiger partial charge in [-0.2, -0.15) is 0 Å². The van der Waals surface area contributed by atoms with E-state index in [0.717, 1.165) is 5.56 Å². The van der Waals surface area contributed by atoms with Gasteiger partial charge in [-0.25, -0.2) is 0 Å². The maximum atomic E-state index is 11.9. The van der Waals surface area contributed by atoms with Gasteiger partial charge in [0.2, 0.25) is 0 Å². The summed E-state index contributed by atoms with van der Waals surface area (Å²) in [6, 6.07) is 9.62. The Hall–Kier alpha value is -1.61. The first kappa shape index (κ1) is 9.93. The molecular formula is C12H13NO2. The quantitative estimate of drug-likeness (QED) is 0.729. The highest BCUT2D eigenvalue weighted by atomic mass is 16.5. The lowest BCUT2D eigenvalue weighted by Crippen LogP contribution is -2.31. The van der Waals surface area contributed by atoms with Gasteiger partial charge >= 0.3 is 0 Å². The number of hydrogen-bond acceptors (Lipinski definition) is 2. The van der Waals surface area contributed by atoms with E-state index in [2.05, 4.69) is 0 Å². The van der Waals surface area contributed by atoms with Gasteiger partial charge < -0.3 is 9.64 Å². The molecule has 1 heterocycles. The second kappa shape index (κ2) is 3.87. The second-order valence-electron chi connectivity index (χ2n) is 3.49.